The second-order valence-electron chi connectivity index (χ2n) is 6.58. The molecule has 0 radical (unpaired) electrons. The summed E-state index contributed by atoms with van der Waals surface area (Å²) >= 11 is 0. The van der Waals surface area contributed by atoms with Crippen molar-refractivity contribution in [1.29, 1.82) is 0 Å². The van der Waals surface area contributed by atoms with Crippen molar-refractivity contribution in [3.8, 4) is 0 Å². The van der Waals surface area contributed by atoms with E-state index in [1.165, 1.54) is 32.1 Å². The van der Waals surface area contributed by atoms with Gasteiger partial charge in [-0.1, -0.05) is 24.4 Å². The molecule has 21 heavy (non-hydrogen) atoms. The van der Waals surface area contributed by atoms with E-state index in [0.29, 0.717) is 11.6 Å². The monoisotopic (exact) mass is 291 g/mol. The highest BCUT2D eigenvalue weighted by atomic mass is 16.5. The Bertz CT molecular complexity index is 499. The molecule has 2 heterocycles. The van der Waals surface area contributed by atoms with Crippen LogP contribution in [0.25, 0.3) is 0 Å². The number of nitrogens with one attached hydrogen (secondary N) is 1. The van der Waals surface area contributed by atoms with Crippen LogP contribution < -0.4 is 5.32 Å². The summed E-state index contributed by atoms with van der Waals surface area (Å²) in [6.07, 6.45) is 6.71. The number of fused-ring (bicyclic) bond motifs is 1. The van der Waals surface area contributed by atoms with Crippen LogP contribution in [0.15, 0.2) is 10.6 Å². The smallest absolute Gasteiger partial charge is 0.242 e. The predicted molar refractivity (Wildman–Crippen MR) is 81.0 cm³/mol. The molecule has 1 aromatic rings. The van der Waals surface area contributed by atoms with Gasteiger partial charge in [0.25, 0.3) is 0 Å². The third kappa shape index (κ3) is 3.28. The lowest BCUT2D eigenvalue weighted by Gasteiger charge is -2.43. The number of nitrogens with zero attached hydrogens (tertiary/aromatic N) is 2. The molecule has 3 rings (SSSR count). The zero-order valence-electron chi connectivity index (χ0n) is 13.0. The van der Waals surface area contributed by atoms with Crippen LogP contribution in [0.2, 0.25) is 0 Å². The molecule has 0 spiro atoms. The Morgan fingerprint density at radius 2 is 2.14 bits per heavy atom. The molecule has 1 aliphatic carbocycles. The minimum absolute atomic E-state index is 0.0116. The first-order valence-corrected chi connectivity index (χ1v) is 8.11. The molecule has 1 saturated carbocycles. The summed E-state index contributed by atoms with van der Waals surface area (Å²) in [7, 11) is 0. The molecule has 3 unspecified atom stereocenters. The Balaban J connectivity index is 1.57. The summed E-state index contributed by atoms with van der Waals surface area (Å²) in [5, 5.41) is 6.67. The van der Waals surface area contributed by atoms with Crippen molar-refractivity contribution < 1.29 is 9.32 Å². The molecular weight excluding hydrogens is 266 g/mol. The van der Waals surface area contributed by atoms with Crippen LogP contribution in [0.5, 0.6) is 0 Å². The number of amides is 1. The average Bonchev–Trinajstić information content (AvgIpc) is 2.91. The van der Waals surface area contributed by atoms with E-state index < -0.39 is 0 Å². The predicted octanol–water partition coefficient (Wildman–Crippen LogP) is 2.82. The van der Waals surface area contributed by atoms with E-state index in [-0.39, 0.29) is 11.9 Å². The Kier molecular flexibility index (Phi) is 4.29. The van der Waals surface area contributed by atoms with Gasteiger partial charge in [0.2, 0.25) is 5.91 Å². The fraction of sp³-hybridized carbons (Fsp3) is 0.750. The highest BCUT2D eigenvalue weighted by molar-refractivity contribution is 5.93. The SMILES string of the molecule is Cc1cc(NC(=O)C(C)N2CCC3CCCCC3C2)no1. The lowest BCUT2D eigenvalue weighted by atomic mass is 9.75. The molecule has 116 valence electrons. The van der Waals surface area contributed by atoms with Gasteiger partial charge in [0, 0.05) is 12.6 Å². The third-order valence-electron chi connectivity index (χ3n) is 5.13. The first kappa shape index (κ1) is 14.6. The number of carbonyl (C=O) groups excluding carboxylic acids is 1. The molecule has 1 aliphatic heterocycles. The van der Waals surface area contributed by atoms with E-state index >= 15 is 0 Å². The Hall–Kier alpha value is -1.36. The number of anilines is 1. The minimum Gasteiger partial charge on any atom is -0.360 e. The summed E-state index contributed by atoms with van der Waals surface area (Å²) < 4.78 is 4.98. The number of carbonyl (C=O) groups is 1. The van der Waals surface area contributed by atoms with E-state index in [4.69, 9.17) is 4.52 Å². The molecule has 1 amide bonds. The van der Waals surface area contributed by atoms with E-state index in [1.54, 1.807) is 6.07 Å². The van der Waals surface area contributed by atoms with Crippen molar-refractivity contribution in [1.82, 2.24) is 10.1 Å². The Morgan fingerprint density at radius 1 is 1.38 bits per heavy atom. The van der Waals surface area contributed by atoms with Crippen molar-refractivity contribution in [2.45, 2.75) is 52.0 Å². The fourth-order valence-electron chi connectivity index (χ4n) is 3.80. The zero-order valence-corrected chi connectivity index (χ0v) is 13.0. The van der Waals surface area contributed by atoms with Gasteiger partial charge in [-0.05, 0) is 45.1 Å². The van der Waals surface area contributed by atoms with Crippen LogP contribution in [0.3, 0.4) is 0 Å². The number of likely N-dealkylation sites (tertiary alicyclic amines) is 1. The summed E-state index contributed by atoms with van der Waals surface area (Å²) in [6.45, 7) is 5.91. The van der Waals surface area contributed by atoms with Gasteiger partial charge in [0.05, 0.1) is 6.04 Å². The summed E-state index contributed by atoms with van der Waals surface area (Å²) in [5.41, 5.74) is 0. The van der Waals surface area contributed by atoms with Crippen LogP contribution in [0.1, 0.15) is 44.8 Å². The van der Waals surface area contributed by atoms with E-state index in [0.717, 1.165) is 24.9 Å². The van der Waals surface area contributed by atoms with Crippen LogP contribution in [0.4, 0.5) is 5.82 Å². The van der Waals surface area contributed by atoms with Gasteiger partial charge in [0.15, 0.2) is 5.82 Å². The van der Waals surface area contributed by atoms with Gasteiger partial charge in [-0.3, -0.25) is 9.69 Å². The molecule has 1 aromatic heterocycles. The van der Waals surface area contributed by atoms with Crippen LogP contribution in [-0.4, -0.2) is 35.1 Å². The van der Waals surface area contributed by atoms with Crippen molar-refractivity contribution in [3.63, 3.8) is 0 Å². The number of rotatable bonds is 3. The first-order chi connectivity index (χ1) is 10.1. The third-order valence-corrected chi connectivity index (χ3v) is 5.13. The van der Waals surface area contributed by atoms with Crippen molar-refractivity contribution in [2.75, 3.05) is 18.4 Å². The fourth-order valence-corrected chi connectivity index (χ4v) is 3.80. The average molecular weight is 291 g/mol. The van der Waals surface area contributed by atoms with E-state index in [2.05, 4.69) is 15.4 Å². The molecule has 5 nitrogen and oxygen atoms in total. The molecule has 2 fully saturated rings. The second kappa shape index (κ2) is 6.18. The second-order valence-corrected chi connectivity index (χ2v) is 6.58. The van der Waals surface area contributed by atoms with E-state index in [1.807, 2.05) is 13.8 Å². The lowest BCUT2D eigenvalue weighted by molar-refractivity contribution is -0.122. The molecule has 1 saturated heterocycles. The standard InChI is InChI=1S/C16H25N3O2/c1-11-9-15(18-21-11)17-16(20)12(2)19-8-7-13-5-3-4-6-14(13)10-19/h9,12-14H,3-8,10H2,1-2H3,(H,17,18,20). The largest absolute Gasteiger partial charge is 0.360 e. The maximum Gasteiger partial charge on any atom is 0.242 e. The summed E-state index contributed by atoms with van der Waals surface area (Å²) in [5.74, 6) is 2.91. The molecule has 0 bridgehead atoms. The summed E-state index contributed by atoms with van der Waals surface area (Å²) in [6, 6.07) is 1.64. The lowest BCUT2D eigenvalue weighted by Crippen LogP contribution is -2.49. The molecule has 2 aliphatic rings. The maximum absolute atomic E-state index is 12.3. The first-order valence-electron chi connectivity index (χ1n) is 8.11. The molecular formula is C16H25N3O2. The van der Waals surface area contributed by atoms with Crippen molar-refractivity contribution in [3.05, 3.63) is 11.8 Å². The van der Waals surface area contributed by atoms with E-state index in [9.17, 15) is 4.79 Å². The van der Waals surface area contributed by atoms with Gasteiger partial charge in [0.1, 0.15) is 5.76 Å². The maximum atomic E-state index is 12.3. The number of aryl methyl sites for hydroxylation is 1. The summed E-state index contributed by atoms with van der Waals surface area (Å²) in [4.78, 5) is 14.7. The Labute approximate surface area is 126 Å². The van der Waals surface area contributed by atoms with Gasteiger partial charge >= 0.3 is 0 Å². The topological polar surface area (TPSA) is 58.4 Å². The van der Waals surface area contributed by atoms with Crippen LogP contribution in [-0.2, 0) is 4.79 Å². The van der Waals surface area contributed by atoms with Gasteiger partial charge in [-0.15, -0.1) is 0 Å². The zero-order chi connectivity index (χ0) is 14.8. The number of aromatic nitrogens is 1. The number of hydrogen-bond donors (Lipinski definition) is 1. The van der Waals surface area contributed by atoms with Crippen molar-refractivity contribution in [2.24, 2.45) is 11.8 Å². The quantitative estimate of drug-likeness (QED) is 0.930. The number of piperidine rings is 1. The van der Waals surface area contributed by atoms with Crippen molar-refractivity contribution >= 4 is 11.7 Å². The Morgan fingerprint density at radius 3 is 2.86 bits per heavy atom. The number of hydrogen-bond acceptors (Lipinski definition) is 4. The van der Waals surface area contributed by atoms with Gasteiger partial charge in [-0.2, -0.15) is 0 Å². The van der Waals surface area contributed by atoms with Gasteiger partial charge in [-0.25, -0.2) is 0 Å². The minimum atomic E-state index is -0.107. The molecule has 5 heteroatoms. The highest BCUT2D eigenvalue weighted by Crippen LogP contribution is 2.36. The van der Waals surface area contributed by atoms with Crippen LogP contribution in [0, 0.1) is 18.8 Å². The molecule has 3 atom stereocenters. The van der Waals surface area contributed by atoms with Crippen LogP contribution >= 0.6 is 0 Å². The molecule has 0 aromatic carbocycles. The van der Waals surface area contributed by atoms with Gasteiger partial charge < -0.3 is 9.84 Å². The normalized spacial score (nSPS) is 27.9. The molecule has 1 N–H and O–H groups in total. The highest BCUT2D eigenvalue weighted by Gasteiger charge is 2.34.